The predicted octanol–water partition coefficient (Wildman–Crippen LogP) is 3.76. The molecule has 1 heterocycles. The van der Waals surface area contributed by atoms with E-state index in [2.05, 4.69) is 24.5 Å². The molecule has 2 aromatic rings. The predicted molar refractivity (Wildman–Crippen MR) is 106 cm³/mol. The number of benzene rings is 2. The molecule has 2 atom stereocenters. The van der Waals surface area contributed by atoms with Gasteiger partial charge >= 0.3 is 0 Å². The van der Waals surface area contributed by atoms with E-state index in [1.54, 1.807) is 12.1 Å². The van der Waals surface area contributed by atoms with Crippen molar-refractivity contribution in [2.45, 2.75) is 32.9 Å². The first-order valence-electron chi connectivity index (χ1n) is 9.62. The average molecular weight is 386 g/mol. The van der Waals surface area contributed by atoms with Gasteiger partial charge in [-0.2, -0.15) is 0 Å². The third-order valence-electron chi connectivity index (χ3n) is 4.82. The zero-order valence-electron chi connectivity index (χ0n) is 16.5. The highest BCUT2D eigenvalue weighted by molar-refractivity contribution is 5.78. The Morgan fingerprint density at radius 3 is 2.32 bits per heavy atom. The van der Waals surface area contributed by atoms with Crippen molar-refractivity contribution in [3.05, 3.63) is 59.4 Å². The minimum atomic E-state index is -0.266. The quantitative estimate of drug-likeness (QED) is 0.761. The van der Waals surface area contributed by atoms with Crippen LogP contribution in [0.2, 0.25) is 0 Å². The van der Waals surface area contributed by atoms with Crippen LogP contribution >= 0.6 is 0 Å². The van der Waals surface area contributed by atoms with E-state index in [9.17, 15) is 9.18 Å². The number of nitrogens with one attached hydrogen (secondary N) is 2. The Balaban J connectivity index is 1.57. The van der Waals surface area contributed by atoms with E-state index < -0.39 is 0 Å². The van der Waals surface area contributed by atoms with Gasteiger partial charge in [0.2, 0.25) is 5.91 Å². The number of rotatable bonds is 7. The maximum atomic E-state index is 13.2. The van der Waals surface area contributed by atoms with Crippen LogP contribution in [0.25, 0.3) is 0 Å². The first-order chi connectivity index (χ1) is 13.4. The summed E-state index contributed by atoms with van der Waals surface area (Å²) >= 11 is 0. The molecule has 0 saturated heterocycles. The topological polar surface area (TPSA) is 59.6 Å². The molecule has 1 amide bonds. The number of carbonyl (C=O) groups is 1. The SMILES string of the molecule is CC(NC(=O)CNC(c1ccc(F)cc1)C(C)C)c1ccc2c(c1)OCCO2. The minimum absolute atomic E-state index is 0.0315. The lowest BCUT2D eigenvalue weighted by molar-refractivity contribution is -0.121. The molecule has 2 aromatic carbocycles. The Labute approximate surface area is 165 Å². The smallest absolute Gasteiger partial charge is 0.234 e. The lowest BCUT2D eigenvalue weighted by atomic mass is 9.96. The van der Waals surface area contributed by atoms with Gasteiger partial charge in [-0.05, 0) is 48.2 Å². The van der Waals surface area contributed by atoms with Crippen LogP contribution in [0.5, 0.6) is 11.5 Å². The molecule has 0 bridgehead atoms. The van der Waals surface area contributed by atoms with Gasteiger partial charge in [0.05, 0.1) is 12.6 Å². The number of hydrogen-bond acceptors (Lipinski definition) is 4. The highest BCUT2D eigenvalue weighted by Gasteiger charge is 2.19. The van der Waals surface area contributed by atoms with Crippen LogP contribution in [0.15, 0.2) is 42.5 Å². The van der Waals surface area contributed by atoms with Gasteiger partial charge in [-0.25, -0.2) is 4.39 Å². The van der Waals surface area contributed by atoms with E-state index in [4.69, 9.17) is 9.47 Å². The van der Waals surface area contributed by atoms with Crippen LogP contribution in [0.3, 0.4) is 0 Å². The zero-order chi connectivity index (χ0) is 20.1. The molecule has 2 N–H and O–H groups in total. The highest BCUT2D eigenvalue weighted by Crippen LogP contribution is 2.32. The molecule has 0 aromatic heterocycles. The normalized spacial score (nSPS) is 15.2. The van der Waals surface area contributed by atoms with Crippen molar-refractivity contribution < 1.29 is 18.7 Å². The maximum Gasteiger partial charge on any atom is 0.234 e. The highest BCUT2D eigenvalue weighted by atomic mass is 19.1. The summed E-state index contributed by atoms with van der Waals surface area (Å²) in [6, 6.07) is 11.9. The maximum absolute atomic E-state index is 13.2. The summed E-state index contributed by atoms with van der Waals surface area (Å²) in [5.41, 5.74) is 1.92. The van der Waals surface area contributed by atoms with Gasteiger partial charge in [0, 0.05) is 6.04 Å². The summed E-state index contributed by atoms with van der Waals surface area (Å²) in [4.78, 5) is 12.4. The number of fused-ring (bicyclic) bond motifs is 1. The van der Waals surface area contributed by atoms with Crippen LogP contribution in [0, 0.1) is 11.7 Å². The minimum Gasteiger partial charge on any atom is -0.486 e. The van der Waals surface area contributed by atoms with Crippen LogP contribution in [-0.4, -0.2) is 25.7 Å². The van der Waals surface area contributed by atoms with Crippen molar-refractivity contribution in [3.63, 3.8) is 0 Å². The second-order valence-electron chi connectivity index (χ2n) is 7.35. The third kappa shape index (κ3) is 5.01. The summed E-state index contributed by atoms with van der Waals surface area (Å²) in [5, 5.41) is 6.28. The molecule has 5 nitrogen and oxygen atoms in total. The van der Waals surface area contributed by atoms with Crippen molar-refractivity contribution in [2.75, 3.05) is 19.8 Å². The molecule has 3 rings (SSSR count). The van der Waals surface area contributed by atoms with Crippen molar-refractivity contribution in [3.8, 4) is 11.5 Å². The number of halogens is 1. The zero-order valence-corrected chi connectivity index (χ0v) is 16.5. The summed E-state index contributed by atoms with van der Waals surface area (Å²) < 4.78 is 24.3. The fourth-order valence-electron chi connectivity index (χ4n) is 3.32. The van der Waals surface area contributed by atoms with Crippen molar-refractivity contribution in [2.24, 2.45) is 5.92 Å². The third-order valence-corrected chi connectivity index (χ3v) is 4.82. The first kappa shape index (κ1) is 20.1. The fourth-order valence-corrected chi connectivity index (χ4v) is 3.32. The van der Waals surface area contributed by atoms with E-state index in [0.29, 0.717) is 19.0 Å². The van der Waals surface area contributed by atoms with Crippen molar-refractivity contribution >= 4 is 5.91 Å². The van der Waals surface area contributed by atoms with Gasteiger partial charge in [0.15, 0.2) is 11.5 Å². The van der Waals surface area contributed by atoms with Gasteiger partial charge in [-0.1, -0.05) is 32.0 Å². The molecule has 28 heavy (non-hydrogen) atoms. The molecule has 0 saturated carbocycles. The lowest BCUT2D eigenvalue weighted by Gasteiger charge is -2.24. The standard InChI is InChI=1S/C22H27FN2O3/c1-14(2)22(16-4-7-18(23)8-5-16)24-13-21(26)25-15(3)17-6-9-19-20(12-17)28-11-10-27-19/h4-9,12,14-15,22,24H,10-11,13H2,1-3H3,(H,25,26). The van der Waals surface area contributed by atoms with E-state index in [-0.39, 0.29) is 36.3 Å². The van der Waals surface area contributed by atoms with Gasteiger partial charge in [-0.3, -0.25) is 4.79 Å². The molecular weight excluding hydrogens is 359 g/mol. The summed E-state index contributed by atoms with van der Waals surface area (Å²) in [6.07, 6.45) is 0. The molecule has 150 valence electrons. The Kier molecular flexibility index (Phi) is 6.52. The average Bonchev–Trinajstić information content (AvgIpc) is 2.68. The molecule has 0 radical (unpaired) electrons. The summed E-state index contributed by atoms with van der Waals surface area (Å²) in [7, 11) is 0. The molecule has 1 aliphatic heterocycles. The van der Waals surface area contributed by atoms with Gasteiger partial charge in [0.1, 0.15) is 19.0 Å². The van der Waals surface area contributed by atoms with Crippen molar-refractivity contribution in [1.82, 2.24) is 10.6 Å². The van der Waals surface area contributed by atoms with Gasteiger partial charge in [-0.15, -0.1) is 0 Å². The van der Waals surface area contributed by atoms with E-state index in [1.807, 2.05) is 25.1 Å². The molecule has 0 fully saturated rings. The molecule has 6 heteroatoms. The fraction of sp³-hybridized carbons (Fsp3) is 0.409. The van der Waals surface area contributed by atoms with Crippen LogP contribution in [-0.2, 0) is 4.79 Å². The van der Waals surface area contributed by atoms with Crippen LogP contribution < -0.4 is 20.1 Å². The second-order valence-corrected chi connectivity index (χ2v) is 7.35. The Morgan fingerprint density at radius 2 is 1.64 bits per heavy atom. The number of amides is 1. The van der Waals surface area contributed by atoms with E-state index in [1.165, 1.54) is 12.1 Å². The van der Waals surface area contributed by atoms with E-state index >= 15 is 0 Å². The summed E-state index contributed by atoms with van der Waals surface area (Å²) in [6.45, 7) is 7.32. The van der Waals surface area contributed by atoms with Crippen LogP contribution in [0.1, 0.15) is 44.0 Å². The van der Waals surface area contributed by atoms with Crippen molar-refractivity contribution in [1.29, 1.82) is 0 Å². The molecule has 1 aliphatic rings. The summed E-state index contributed by atoms with van der Waals surface area (Å²) in [5.74, 6) is 1.33. The number of hydrogen-bond donors (Lipinski definition) is 2. The second kappa shape index (κ2) is 9.06. The Bertz CT molecular complexity index is 808. The van der Waals surface area contributed by atoms with Crippen LogP contribution in [0.4, 0.5) is 4.39 Å². The number of carbonyl (C=O) groups excluding carboxylic acids is 1. The Hall–Kier alpha value is -2.60. The molecule has 0 spiro atoms. The van der Waals surface area contributed by atoms with Gasteiger partial charge in [0.25, 0.3) is 0 Å². The van der Waals surface area contributed by atoms with Gasteiger partial charge < -0.3 is 20.1 Å². The monoisotopic (exact) mass is 386 g/mol. The first-order valence-corrected chi connectivity index (χ1v) is 9.62. The molecule has 2 unspecified atom stereocenters. The largest absolute Gasteiger partial charge is 0.486 e. The van der Waals surface area contributed by atoms with E-state index in [0.717, 1.165) is 16.9 Å². The molecule has 0 aliphatic carbocycles. The lowest BCUT2D eigenvalue weighted by Crippen LogP contribution is -2.38. The molecular formula is C22H27FN2O3. The Morgan fingerprint density at radius 1 is 1.00 bits per heavy atom. The number of ether oxygens (including phenoxy) is 2.